The molecule has 0 bridgehead atoms. The summed E-state index contributed by atoms with van der Waals surface area (Å²) >= 11 is -6.07. The van der Waals surface area contributed by atoms with Crippen LogP contribution in [-0.2, 0) is 38.3 Å². The number of hydrogen-bond donors (Lipinski definition) is 2. The molecule has 0 aliphatic heterocycles. The van der Waals surface area contributed by atoms with E-state index in [4.69, 9.17) is 17.2 Å². The van der Waals surface area contributed by atoms with Gasteiger partial charge in [-0.25, -0.2) is 0 Å². The first-order chi connectivity index (χ1) is 27.0. The Morgan fingerprint density at radius 1 is 0.607 bits per heavy atom. The van der Waals surface area contributed by atoms with Crippen molar-refractivity contribution >= 4 is 46.7 Å². The molecule has 0 aromatic heterocycles. The summed E-state index contributed by atoms with van der Waals surface area (Å²) < 4.78 is -1.66. The van der Waals surface area contributed by atoms with Gasteiger partial charge in [0.15, 0.2) is 0 Å². The second-order valence-electron chi connectivity index (χ2n) is 16.9. The fourth-order valence-electron chi connectivity index (χ4n) is 9.70. The third kappa shape index (κ3) is 8.09. The van der Waals surface area contributed by atoms with Gasteiger partial charge in [-0.1, -0.05) is 0 Å². The van der Waals surface area contributed by atoms with Gasteiger partial charge in [0, 0.05) is 0 Å². The number of fused-ring (bicyclic) bond motifs is 2. The first kappa shape index (κ1) is 42.4. The van der Waals surface area contributed by atoms with E-state index in [1.165, 1.54) is 44.5 Å². The Morgan fingerprint density at radius 2 is 1.00 bits per heavy atom. The van der Waals surface area contributed by atoms with Crippen LogP contribution in [0.4, 0.5) is 0 Å². The first-order valence-electron chi connectivity index (χ1n) is 20.8. The standard InChI is InChI=1S/2C23H27.C2H3BN2O2.2ClH.Hf/c2*1-4-5-9-18-15-20-11-8-13-22(23(20)16-18)21-12-7-6-10-19(21)14-17(2)3;6-1-4-3-5-2-7;;;/h2*6-8,10-13,15-17H,4-5,9,14H2,1-3H3;1-2H,(H-,4,5,6,7);2*1H;/q;;;;;+1/p-1. The molecule has 4 aromatic rings. The van der Waals surface area contributed by atoms with Crippen molar-refractivity contribution in [2.75, 3.05) is 0 Å². The van der Waals surface area contributed by atoms with Crippen LogP contribution in [0.15, 0.2) is 96.1 Å². The number of carbonyl (C=O) groups excluding carboxylic acids is 2. The molecule has 8 heteroatoms. The van der Waals surface area contributed by atoms with E-state index in [9.17, 15) is 9.59 Å². The van der Waals surface area contributed by atoms with Crippen molar-refractivity contribution < 1.29 is 25.5 Å². The van der Waals surface area contributed by atoms with E-state index in [1.54, 1.807) is 0 Å². The van der Waals surface area contributed by atoms with Gasteiger partial charge < -0.3 is 0 Å². The Balaban J connectivity index is 1.66. The monoisotopic (exact) mass is 955 g/mol. The minimum atomic E-state index is -6.07. The Kier molecular flexibility index (Phi) is 13.8. The van der Waals surface area contributed by atoms with Gasteiger partial charge in [0.25, 0.3) is 0 Å². The van der Waals surface area contributed by atoms with Crippen LogP contribution >= 0.6 is 17.2 Å². The number of halogens is 2. The zero-order chi connectivity index (χ0) is 40.1. The maximum atomic E-state index is 12.7. The van der Waals surface area contributed by atoms with E-state index in [0.29, 0.717) is 24.7 Å². The molecule has 0 radical (unpaired) electrons. The summed E-state index contributed by atoms with van der Waals surface area (Å²) in [5.41, 5.74) is 14.3. The maximum absolute atomic E-state index is 12.7. The summed E-state index contributed by atoms with van der Waals surface area (Å²) in [6.45, 7) is 13.5. The number of benzene rings is 4. The molecule has 0 saturated carbocycles. The van der Waals surface area contributed by atoms with Gasteiger partial charge in [0.05, 0.1) is 0 Å². The van der Waals surface area contributed by atoms with Crippen LogP contribution in [0, 0.1) is 11.8 Å². The molecular formula is C48H58BCl2HfN2O2. The van der Waals surface area contributed by atoms with Crippen molar-refractivity contribution in [2.45, 2.75) is 100 Å². The molecule has 0 spiro atoms. The molecule has 6 rings (SSSR count). The van der Waals surface area contributed by atoms with Gasteiger partial charge in [0.1, 0.15) is 0 Å². The van der Waals surface area contributed by atoms with E-state index >= 15 is 0 Å². The van der Waals surface area contributed by atoms with Crippen LogP contribution in [0.2, 0.25) is 0 Å². The van der Waals surface area contributed by atoms with Gasteiger partial charge >= 0.3 is 346 Å². The van der Waals surface area contributed by atoms with E-state index < -0.39 is 20.5 Å². The topological polar surface area (TPSA) is 58.2 Å². The summed E-state index contributed by atoms with van der Waals surface area (Å²) in [4.78, 5) is 25.3. The van der Waals surface area contributed by atoms with Crippen molar-refractivity contribution in [3.63, 3.8) is 0 Å². The molecule has 2 unspecified atom stereocenters. The zero-order valence-corrected chi connectivity index (χ0v) is 39.1. The fourth-order valence-corrected chi connectivity index (χ4v) is 39.4. The second kappa shape index (κ2) is 18.2. The molecule has 4 nitrogen and oxygen atoms in total. The van der Waals surface area contributed by atoms with E-state index in [2.05, 4.69) is 149 Å². The van der Waals surface area contributed by atoms with Gasteiger partial charge in [-0.15, -0.1) is 0 Å². The molecule has 2 aliphatic carbocycles. The van der Waals surface area contributed by atoms with Crippen LogP contribution in [-0.4, -0.2) is 17.4 Å². The summed E-state index contributed by atoms with van der Waals surface area (Å²) in [7, 11) is 17.6. The first-order valence-corrected chi connectivity index (χ1v) is 35.9. The number of allylic oxidation sites excluding steroid dienone is 2. The SMILES string of the molecule is CCCCC1=Cc2c(-c3ccccc3CC(C)C)cccc2[CH]1[Hf]([Cl])([Cl])([B](NC=O)NC=O)[CH]1C(CCCC)=Cc2c(-c3ccccc3CC(C)C)cccc21. The van der Waals surface area contributed by atoms with Crippen molar-refractivity contribution in [3.8, 4) is 22.3 Å². The Bertz CT molecular complexity index is 1980. The third-order valence-corrected chi connectivity index (χ3v) is 40.6. The van der Waals surface area contributed by atoms with Crippen LogP contribution in [0.25, 0.3) is 34.4 Å². The molecule has 0 fully saturated rings. The summed E-state index contributed by atoms with van der Waals surface area (Å²) in [5, 5.41) is 6.09. The summed E-state index contributed by atoms with van der Waals surface area (Å²) in [5.74, 6) is 0.995. The van der Waals surface area contributed by atoms with Crippen molar-refractivity contribution in [2.24, 2.45) is 11.8 Å². The number of amides is 2. The average Bonchev–Trinajstić information content (AvgIpc) is 3.76. The third-order valence-electron chi connectivity index (χ3n) is 11.9. The van der Waals surface area contributed by atoms with E-state index in [0.717, 1.165) is 73.6 Å². The summed E-state index contributed by atoms with van der Waals surface area (Å²) in [6, 6.07) is 30.6. The molecule has 2 N–H and O–H groups in total. The molecule has 0 heterocycles. The van der Waals surface area contributed by atoms with Crippen LogP contribution in [0.3, 0.4) is 0 Å². The predicted octanol–water partition coefficient (Wildman–Crippen LogP) is 12.8. The van der Waals surface area contributed by atoms with Crippen LogP contribution < -0.4 is 10.5 Å². The zero-order valence-electron chi connectivity index (χ0n) is 34.0. The predicted molar refractivity (Wildman–Crippen MR) is 237 cm³/mol. The quantitative estimate of drug-likeness (QED) is 0.0727. The van der Waals surface area contributed by atoms with Crippen molar-refractivity contribution in [1.82, 2.24) is 10.5 Å². The van der Waals surface area contributed by atoms with Crippen molar-refractivity contribution in [3.05, 3.63) is 129 Å². The number of carbonyl (C=O) groups is 2. The molecule has 4 aromatic carbocycles. The molecule has 2 aliphatic rings. The Hall–Kier alpha value is -3.18. The van der Waals surface area contributed by atoms with Gasteiger partial charge in [-0.2, -0.15) is 0 Å². The van der Waals surface area contributed by atoms with Gasteiger partial charge in [0.2, 0.25) is 0 Å². The fraction of sp³-hybridized carbons (Fsp3) is 0.375. The Labute approximate surface area is 344 Å². The van der Waals surface area contributed by atoms with E-state index in [-0.39, 0.29) is 7.35 Å². The molecular weight excluding hydrogens is 897 g/mol. The molecule has 2 amide bonds. The van der Waals surface area contributed by atoms with Crippen LogP contribution in [0.1, 0.15) is 121 Å². The number of rotatable bonds is 19. The van der Waals surface area contributed by atoms with Gasteiger partial charge in [-0.3, -0.25) is 0 Å². The molecule has 293 valence electrons. The molecule has 0 saturated heterocycles. The number of hydrogen-bond acceptors (Lipinski definition) is 2. The van der Waals surface area contributed by atoms with Crippen LogP contribution in [0.5, 0.6) is 0 Å². The number of unbranched alkanes of at least 4 members (excludes halogenated alkanes) is 2. The summed E-state index contributed by atoms with van der Waals surface area (Å²) in [6.07, 6.45) is 13.6. The van der Waals surface area contributed by atoms with Gasteiger partial charge in [-0.05, 0) is 0 Å². The molecule has 2 atom stereocenters. The second-order valence-corrected chi connectivity index (χ2v) is 47.3. The normalized spacial score (nSPS) is 16.8. The number of nitrogens with one attached hydrogen (secondary N) is 2. The molecule has 56 heavy (non-hydrogen) atoms. The van der Waals surface area contributed by atoms with E-state index in [1.807, 2.05) is 0 Å². The minimum absolute atomic E-state index is 0.364. The Morgan fingerprint density at radius 3 is 1.38 bits per heavy atom. The van der Waals surface area contributed by atoms with Crippen molar-refractivity contribution in [1.29, 1.82) is 0 Å². The average molecular weight is 955 g/mol.